The van der Waals surface area contributed by atoms with Crippen LogP contribution in [0.5, 0.6) is 0 Å². The summed E-state index contributed by atoms with van der Waals surface area (Å²) in [7, 11) is 0. The van der Waals surface area contributed by atoms with Crippen LogP contribution < -0.4 is 11.2 Å². The smallest absolute Gasteiger partial charge is 0.230 e. The first-order valence-electron chi connectivity index (χ1n) is 8.22. The topological polar surface area (TPSA) is 85.8 Å². The lowest BCUT2D eigenvalue weighted by Gasteiger charge is -2.34. The predicted octanol–water partition coefficient (Wildman–Crippen LogP) is 2.75. The van der Waals surface area contributed by atoms with Crippen LogP contribution in [0, 0.1) is 11.8 Å². The number of rotatable bonds is 5. The number of thiophene rings is 1. The average Bonchev–Trinajstić information content (AvgIpc) is 3.19. The number of carbonyl (C=O) groups excluding carboxylic acids is 1. The van der Waals surface area contributed by atoms with Gasteiger partial charge in [0.05, 0.1) is 10.6 Å². The van der Waals surface area contributed by atoms with Crippen LogP contribution in [0.25, 0.3) is 10.7 Å². The molecule has 0 aromatic carbocycles. The zero-order valence-electron chi connectivity index (χ0n) is 13.9. The minimum absolute atomic E-state index is 0.0339. The third-order valence-corrected chi connectivity index (χ3v) is 6.60. The van der Waals surface area contributed by atoms with E-state index < -0.39 is 0 Å². The highest BCUT2D eigenvalue weighted by molar-refractivity contribution is 7.99. The summed E-state index contributed by atoms with van der Waals surface area (Å²) >= 11 is 2.88. The first-order chi connectivity index (χ1) is 11.6. The second-order valence-corrected chi connectivity index (χ2v) is 8.27. The molecule has 1 fully saturated rings. The zero-order valence-corrected chi connectivity index (χ0v) is 15.6. The van der Waals surface area contributed by atoms with Crippen LogP contribution in [-0.2, 0) is 4.79 Å². The van der Waals surface area contributed by atoms with Gasteiger partial charge in [-0.3, -0.25) is 4.79 Å². The summed E-state index contributed by atoms with van der Waals surface area (Å²) in [5.74, 6) is 8.20. The Bertz CT molecular complexity index is 685. The molecule has 1 saturated carbocycles. The Kier molecular flexibility index (Phi) is 5.45. The van der Waals surface area contributed by atoms with Gasteiger partial charge in [0.15, 0.2) is 5.82 Å². The van der Waals surface area contributed by atoms with Gasteiger partial charge in [-0.1, -0.05) is 44.5 Å². The number of aromatic nitrogens is 3. The lowest BCUT2D eigenvalue weighted by atomic mass is 9.78. The molecule has 0 saturated heterocycles. The third-order valence-electron chi connectivity index (χ3n) is 4.79. The molecule has 130 valence electrons. The van der Waals surface area contributed by atoms with Gasteiger partial charge in [0.1, 0.15) is 0 Å². The summed E-state index contributed by atoms with van der Waals surface area (Å²) in [5, 5.41) is 13.9. The maximum atomic E-state index is 12.3. The zero-order chi connectivity index (χ0) is 17.1. The van der Waals surface area contributed by atoms with E-state index in [2.05, 4.69) is 29.4 Å². The van der Waals surface area contributed by atoms with Gasteiger partial charge < -0.3 is 11.2 Å². The van der Waals surface area contributed by atoms with Crippen LogP contribution >= 0.6 is 23.1 Å². The molecule has 8 heteroatoms. The Labute approximate surface area is 150 Å². The molecule has 6 nitrogen and oxygen atoms in total. The number of nitrogens with two attached hydrogens (primary N) is 1. The summed E-state index contributed by atoms with van der Waals surface area (Å²) < 4.78 is 1.45. The Morgan fingerprint density at radius 2 is 2.29 bits per heavy atom. The van der Waals surface area contributed by atoms with Gasteiger partial charge in [0.2, 0.25) is 11.1 Å². The minimum Gasteiger partial charge on any atom is -0.352 e. The van der Waals surface area contributed by atoms with Crippen LogP contribution in [0.2, 0.25) is 0 Å². The van der Waals surface area contributed by atoms with Crippen molar-refractivity contribution in [2.45, 2.75) is 44.3 Å². The molecule has 2 aromatic heterocycles. The number of carbonyl (C=O) groups is 1. The third kappa shape index (κ3) is 3.75. The summed E-state index contributed by atoms with van der Waals surface area (Å²) in [6.45, 7) is 4.49. The summed E-state index contributed by atoms with van der Waals surface area (Å²) in [5.41, 5.74) is 0. The number of nitrogens with zero attached hydrogens (tertiary/aromatic N) is 3. The van der Waals surface area contributed by atoms with Gasteiger partial charge >= 0.3 is 0 Å². The quantitative estimate of drug-likeness (QED) is 0.628. The van der Waals surface area contributed by atoms with Crippen molar-refractivity contribution in [2.75, 3.05) is 11.6 Å². The summed E-state index contributed by atoms with van der Waals surface area (Å²) in [4.78, 5) is 13.2. The van der Waals surface area contributed by atoms with Crippen molar-refractivity contribution < 1.29 is 4.79 Å². The molecule has 2 heterocycles. The molecule has 1 aliphatic rings. The molecular formula is C16H23N5OS2. The molecule has 1 amide bonds. The molecule has 1 aliphatic carbocycles. The standard InChI is InChI=1S/C16H23N5OS2/c1-10-5-3-6-12(11(10)2)18-14(22)9-24-16-20-19-15(21(16)17)13-7-4-8-23-13/h4,7-8,10-12H,3,5-6,9,17H2,1-2H3,(H,18,22)/t10-,11+,12+/m0/s1. The van der Waals surface area contributed by atoms with Crippen LogP contribution in [0.1, 0.15) is 33.1 Å². The lowest BCUT2D eigenvalue weighted by Crippen LogP contribution is -2.44. The molecule has 3 N–H and O–H groups in total. The molecule has 0 aliphatic heterocycles. The van der Waals surface area contributed by atoms with E-state index >= 15 is 0 Å². The van der Waals surface area contributed by atoms with Gasteiger partial charge in [0.25, 0.3) is 0 Å². The van der Waals surface area contributed by atoms with Crippen molar-refractivity contribution in [1.82, 2.24) is 20.2 Å². The lowest BCUT2D eigenvalue weighted by molar-refractivity contribution is -0.120. The van der Waals surface area contributed by atoms with Crippen molar-refractivity contribution in [3.05, 3.63) is 17.5 Å². The average molecular weight is 366 g/mol. The SMILES string of the molecule is C[C@@H]1[C@@H](C)CCC[C@H]1NC(=O)CSc1nnc(-c2cccs2)n1N. The van der Waals surface area contributed by atoms with E-state index in [1.54, 1.807) is 11.3 Å². The van der Waals surface area contributed by atoms with Gasteiger partial charge in [-0.25, -0.2) is 4.68 Å². The Morgan fingerprint density at radius 3 is 3.04 bits per heavy atom. The number of amides is 1. The largest absolute Gasteiger partial charge is 0.352 e. The van der Waals surface area contributed by atoms with Crippen LogP contribution in [-0.4, -0.2) is 32.6 Å². The van der Waals surface area contributed by atoms with Gasteiger partial charge in [-0.15, -0.1) is 21.5 Å². The maximum Gasteiger partial charge on any atom is 0.230 e. The normalized spacial score (nSPS) is 24.0. The highest BCUT2D eigenvalue weighted by Gasteiger charge is 2.28. The van der Waals surface area contributed by atoms with Crippen LogP contribution in [0.3, 0.4) is 0 Å². The number of nitrogens with one attached hydrogen (secondary N) is 1. The van der Waals surface area contributed by atoms with Crippen molar-refractivity contribution in [3.8, 4) is 10.7 Å². The van der Waals surface area contributed by atoms with E-state index in [1.807, 2.05) is 17.5 Å². The monoisotopic (exact) mass is 365 g/mol. The molecule has 0 bridgehead atoms. The fourth-order valence-electron chi connectivity index (χ4n) is 3.11. The Hall–Kier alpha value is -1.54. The maximum absolute atomic E-state index is 12.3. The van der Waals surface area contributed by atoms with Crippen molar-refractivity contribution in [2.24, 2.45) is 11.8 Å². The van der Waals surface area contributed by atoms with Crippen molar-refractivity contribution >= 4 is 29.0 Å². The summed E-state index contributed by atoms with van der Waals surface area (Å²) in [6.07, 6.45) is 3.51. The first kappa shape index (κ1) is 17.3. The molecular weight excluding hydrogens is 342 g/mol. The minimum atomic E-state index is 0.0339. The predicted molar refractivity (Wildman–Crippen MR) is 98.3 cm³/mol. The fourth-order valence-corrected chi connectivity index (χ4v) is 4.49. The molecule has 24 heavy (non-hydrogen) atoms. The van der Waals surface area contributed by atoms with Gasteiger partial charge in [-0.2, -0.15) is 0 Å². The van der Waals surface area contributed by atoms with E-state index in [0.717, 1.165) is 11.3 Å². The van der Waals surface area contributed by atoms with E-state index in [0.29, 0.717) is 28.6 Å². The molecule has 2 aromatic rings. The second kappa shape index (κ2) is 7.57. The van der Waals surface area contributed by atoms with Crippen LogP contribution in [0.4, 0.5) is 0 Å². The van der Waals surface area contributed by atoms with Crippen LogP contribution in [0.15, 0.2) is 22.7 Å². The number of hydrogen-bond acceptors (Lipinski definition) is 6. The Balaban J connectivity index is 1.55. The van der Waals surface area contributed by atoms with E-state index in [1.165, 1.54) is 29.3 Å². The molecule has 0 radical (unpaired) electrons. The van der Waals surface area contributed by atoms with Crippen molar-refractivity contribution in [1.29, 1.82) is 0 Å². The summed E-state index contributed by atoms with van der Waals surface area (Å²) in [6, 6.07) is 4.17. The number of hydrogen-bond donors (Lipinski definition) is 2. The second-order valence-electron chi connectivity index (χ2n) is 6.38. The fraction of sp³-hybridized carbons (Fsp3) is 0.562. The number of nitrogen functional groups attached to an aromatic ring is 1. The molecule has 3 atom stereocenters. The number of thioether (sulfide) groups is 1. The van der Waals surface area contributed by atoms with Crippen molar-refractivity contribution in [3.63, 3.8) is 0 Å². The van der Waals surface area contributed by atoms with E-state index in [-0.39, 0.29) is 11.9 Å². The van der Waals surface area contributed by atoms with E-state index in [9.17, 15) is 4.79 Å². The molecule has 0 spiro atoms. The first-order valence-corrected chi connectivity index (χ1v) is 10.1. The molecule has 3 rings (SSSR count). The van der Waals surface area contributed by atoms with E-state index in [4.69, 9.17) is 5.84 Å². The Morgan fingerprint density at radius 1 is 1.46 bits per heavy atom. The highest BCUT2D eigenvalue weighted by atomic mass is 32.2. The highest BCUT2D eigenvalue weighted by Crippen LogP contribution is 2.30. The van der Waals surface area contributed by atoms with Gasteiger partial charge in [0, 0.05) is 6.04 Å². The molecule has 0 unspecified atom stereocenters. The van der Waals surface area contributed by atoms with Gasteiger partial charge in [-0.05, 0) is 29.7 Å².